The normalized spacial score (nSPS) is 34.8. The Morgan fingerprint density at radius 1 is 1.52 bits per heavy atom. The number of aliphatic hydroxyl groups excluding tert-OH is 1. The van der Waals surface area contributed by atoms with Gasteiger partial charge in [0.05, 0.1) is 6.07 Å². The average molecular weight is 368 g/mol. The zero-order valence-electron chi connectivity index (χ0n) is 11.5. The Morgan fingerprint density at radius 3 is 2.71 bits per heavy atom. The molecule has 0 bridgehead atoms. The highest BCUT2D eigenvalue weighted by Gasteiger charge is 2.71. The van der Waals surface area contributed by atoms with Gasteiger partial charge in [0.1, 0.15) is 17.5 Å². The van der Waals surface area contributed by atoms with E-state index in [9.17, 15) is 15.2 Å². The molecule has 110 valence electrons. The largest absolute Gasteiger partial charge is 0.386 e. The van der Waals surface area contributed by atoms with Crippen LogP contribution in [0.2, 0.25) is 0 Å². The van der Waals surface area contributed by atoms with Crippen LogP contribution in [0.25, 0.3) is 0 Å². The van der Waals surface area contributed by atoms with Gasteiger partial charge in [0, 0.05) is 17.1 Å². The summed E-state index contributed by atoms with van der Waals surface area (Å²) in [6.07, 6.45) is 2.19. The Morgan fingerprint density at radius 2 is 2.14 bits per heavy atom. The van der Waals surface area contributed by atoms with Crippen molar-refractivity contribution >= 4 is 33.6 Å². The predicted octanol–water partition coefficient (Wildman–Crippen LogP) is 1.83. The van der Waals surface area contributed by atoms with Crippen LogP contribution in [-0.4, -0.2) is 41.4 Å². The summed E-state index contributed by atoms with van der Waals surface area (Å²) in [7, 11) is 0. The number of nitriles is 1. The summed E-state index contributed by atoms with van der Waals surface area (Å²) in [5, 5.41) is 19.7. The van der Waals surface area contributed by atoms with Gasteiger partial charge in [-0.3, -0.25) is 9.78 Å². The molecule has 2 aliphatic rings. The third kappa shape index (κ3) is 1.86. The van der Waals surface area contributed by atoms with Gasteiger partial charge in [-0.1, -0.05) is 15.9 Å². The lowest BCUT2D eigenvalue weighted by atomic mass is 9.85. The van der Waals surface area contributed by atoms with Crippen LogP contribution in [0.3, 0.4) is 0 Å². The van der Waals surface area contributed by atoms with Crippen molar-refractivity contribution in [3.63, 3.8) is 0 Å². The number of nitrogens with zero attached hydrogens (tertiary/aromatic N) is 3. The molecule has 0 saturated carbocycles. The van der Waals surface area contributed by atoms with Crippen molar-refractivity contribution in [3.05, 3.63) is 30.1 Å². The van der Waals surface area contributed by atoms with Gasteiger partial charge < -0.3 is 10.0 Å². The lowest BCUT2D eigenvalue weighted by Gasteiger charge is -2.51. The second-order valence-corrected chi connectivity index (χ2v) is 8.82. The molecule has 2 fully saturated rings. The number of halogens is 1. The lowest BCUT2D eigenvalue weighted by molar-refractivity contribution is -0.153. The molecule has 0 radical (unpaired) electrons. The molecule has 5 nitrogen and oxygen atoms in total. The number of amides is 1. The van der Waals surface area contributed by atoms with Gasteiger partial charge in [-0.2, -0.15) is 5.26 Å². The Hall–Kier alpha value is -1.10. The van der Waals surface area contributed by atoms with Gasteiger partial charge >= 0.3 is 0 Å². The lowest BCUT2D eigenvalue weighted by Crippen LogP contribution is -2.71. The first-order chi connectivity index (χ1) is 9.84. The zero-order chi connectivity index (χ0) is 15.4. The number of β-lactam (4-membered cyclic amide) rings is 1. The van der Waals surface area contributed by atoms with Crippen LogP contribution in [0, 0.1) is 11.3 Å². The number of fused-ring (bicyclic) bond motifs is 1. The molecular formula is C14H14BrN3O2S. The summed E-state index contributed by atoms with van der Waals surface area (Å²) >= 11 is 5.00. The molecule has 2 aliphatic heterocycles. The summed E-state index contributed by atoms with van der Waals surface area (Å²) < 4.78 is -1.44. The van der Waals surface area contributed by atoms with Crippen LogP contribution >= 0.6 is 27.7 Å². The number of hydrogen-bond acceptors (Lipinski definition) is 5. The summed E-state index contributed by atoms with van der Waals surface area (Å²) in [5.41, 5.74) is 0.633. The number of carbonyl (C=O) groups excluding carboxylic acids is 1. The molecular weight excluding hydrogens is 354 g/mol. The Bertz CT molecular complexity index is 633. The van der Waals surface area contributed by atoms with Crippen molar-refractivity contribution < 1.29 is 9.90 Å². The third-order valence-electron chi connectivity index (χ3n) is 4.07. The van der Waals surface area contributed by atoms with Gasteiger partial charge in [-0.25, -0.2) is 0 Å². The zero-order valence-corrected chi connectivity index (χ0v) is 13.9. The van der Waals surface area contributed by atoms with Crippen molar-refractivity contribution in [2.24, 2.45) is 0 Å². The highest BCUT2D eigenvalue weighted by Crippen LogP contribution is 2.61. The van der Waals surface area contributed by atoms with E-state index in [1.807, 2.05) is 13.8 Å². The molecule has 21 heavy (non-hydrogen) atoms. The average Bonchev–Trinajstić information content (AvgIpc) is 2.75. The number of hydrogen-bond donors (Lipinski definition) is 1. The molecule has 1 aromatic rings. The van der Waals surface area contributed by atoms with E-state index >= 15 is 0 Å². The number of aliphatic hydroxyl groups is 1. The first-order valence-electron chi connectivity index (χ1n) is 6.51. The van der Waals surface area contributed by atoms with E-state index in [4.69, 9.17) is 0 Å². The van der Waals surface area contributed by atoms with Crippen LogP contribution in [0.15, 0.2) is 24.5 Å². The van der Waals surface area contributed by atoms with Gasteiger partial charge in [0.2, 0.25) is 5.91 Å². The fourth-order valence-corrected chi connectivity index (χ4v) is 5.46. The van der Waals surface area contributed by atoms with E-state index < -0.39 is 16.5 Å². The molecule has 0 aromatic carbocycles. The smallest absolute Gasteiger partial charge is 0.247 e. The van der Waals surface area contributed by atoms with Crippen LogP contribution in [0.1, 0.15) is 25.5 Å². The first-order valence-corrected chi connectivity index (χ1v) is 8.18. The molecule has 7 heteroatoms. The van der Waals surface area contributed by atoms with E-state index in [2.05, 4.69) is 27.0 Å². The SMILES string of the molecule is CC1(C)S[C@H]2N(C(=O)[C@]2(Br)C(O)c2ccncc2)[C@H]1C#N. The number of alkyl halides is 1. The maximum Gasteiger partial charge on any atom is 0.247 e. The van der Waals surface area contributed by atoms with Gasteiger partial charge in [0.15, 0.2) is 4.32 Å². The number of aromatic nitrogens is 1. The maximum absolute atomic E-state index is 12.6. The summed E-state index contributed by atoms with van der Waals surface area (Å²) in [6, 6.07) is 5.11. The minimum absolute atomic E-state index is 0.235. The molecule has 0 spiro atoms. The molecule has 3 rings (SSSR count). The number of pyridine rings is 1. The Balaban J connectivity index is 1.95. The molecule has 1 aromatic heterocycles. The third-order valence-corrected chi connectivity index (χ3v) is 7.23. The standard InChI is InChI=1S/C14H14BrN3O2S/c1-13(2)9(7-16)18-11(20)14(15,12(18)21-13)10(19)8-3-5-17-6-4-8/h3-6,9-10,12,19H,1-2H3/t9-,10?,12+,14+/m0/s1. The molecule has 1 amide bonds. The van der Waals surface area contributed by atoms with Crippen molar-refractivity contribution in [2.45, 2.75) is 40.4 Å². The number of rotatable bonds is 2. The molecule has 3 heterocycles. The highest BCUT2D eigenvalue weighted by atomic mass is 79.9. The summed E-state index contributed by atoms with van der Waals surface area (Å²) in [6.45, 7) is 3.90. The molecule has 1 unspecified atom stereocenters. The maximum atomic E-state index is 12.6. The fraction of sp³-hybridized carbons (Fsp3) is 0.500. The van der Waals surface area contributed by atoms with Crippen molar-refractivity contribution in [1.82, 2.24) is 9.88 Å². The van der Waals surface area contributed by atoms with Crippen LogP contribution in [0.4, 0.5) is 0 Å². The van der Waals surface area contributed by atoms with E-state index in [-0.39, 0.29) is 16.0 Å². The molecule has 0 aliphatic carbocycles. The quantitative estimate of drug-likeness (QED) is 0.637. The van der Waals surface area contributed by atoms with E-state index in [1.165, 1.54) is 0 Å². The summed E-state index contributed by atoms with van der Waals surface area (Å²) in [5.74, 6) is -0.235. The van der Waals surface area contributed by atoms with Crippen LogP contribution in [0.5, 0.6) is 0 Å². The van der Waals surface area contributed by atoms with Crippen LogP contribution < -0.4 is 0 Å². The number of thioether (sulfide) groups is 1. The van der Waals surface area contributed by atoms with Crippen molar-refractivity contribution in [2.75, 3.05) is 0 Å². The van der Waals surface area contributed by atoms with Gasteiger partial charge in [0.25, 0.3) is 0 Å². The summed E-state index contributed by atoms with van der Waals surface area (Å²) in [4.78, 5) is 18.1. The highest BCUT2D eigenvalue weighted by molar-refractivity contribution is 9.10. The Labute approximate surface area is 135 Å². The second kappa shape index (κ2) is 4.70. The van der Waals surface area contributed by atoms with E-state index in [0.29, 0.717) is 5.56 Å². The minimum Gasteiger partial charge on any atom is -0.386 e. The van der Waals surface area contributed by atoms with E-state index in [0.717, 1.165) is 0 Å². The predicted molar refractivity (Wildman–Crippen MR) is 82.6 cm³/mol. The topological polar surface area (TPSA) is 77.2 Å². The molecule has 4 atom stereocenters. The molecule has 1 N–H and O–H groups in total. The Kier molecular flexibility index (Phi) is 3.32. The van der Waals surface area contributed by atoms with Crippen LogP contribution in [-0.2, 0) is 4.79 Å². The van der Waals surface area contributed by atoms with Crippen molar-refractivity contribution in [1.29, 1.82) is 5.26 Å². The van der Waals surface area contributed by atoms with Gasteiger partial charge in [-0.15, -0.1) is 11.8 Å². The molecule has 2 saturated heterocycles. The fourth-order valence-electron chi connectivity index (χ4n) is 2.89. The van der Waals surface area contributed by atoms with Gasteiger partial charge in [-0.05, 0) is 31.5 Å². The monoisotopic (exact) mass is 367 g/mol. The van der Waals surface area contributed by atoms with E-state index in [1.54, 1.807) is 41.2 Å². The minimum atomic E-state index is -1.08. The second-order valence-electron chi connectivity index (χ2n) is 5.77. The van der Waals surface area contributed by atoms with Crippen molar-refractivity contribution in [3.8, 4) is 6.07 Å². The number of carbonyl (C=O) groups is 1. The first kappa shape index (κ1) is 14.8.